The summed E-state index contributed by atoms with van der Waals surface area (Å²) in [6.07, 6.45) is 2.15. The van der Waals surface area contributed by atoms with Crippen LogP contribution in [0.4, 0.5) is 0 Å². The Bertz CT molecular complexity index is 1490. The van der Waals surface area contributed by atoms with E-state index in [1.165, 1.54) is 10.5 Å². The number of hydrogen-bond acceptors (Lipinski definition) is 6. The number of aryl methyl sites for hydroxylation is 1. The van der Waals surface area contributed by atoms with Gasteiger partial charge in [-0.05, 0) is 43.7 Å². The molecule has 34 heavy (non-hydrogen) atoms. The van der Waals surface area contributed by atoms with Crippen LogP contribution in [0.1, 0.15) is 34.1 Å². The molecule has 0 spiro atoms. The second-order valence-corrected chi connectivity index (χ2v) is 7.47. The van der Waals surface area contributed by atoms with E-state index in [9.17, 15) is 14.4 Å². The number of carbonyl (C=O) groups is 2. The Hall–Kier alpha value is -4.11. The summed E-state index contributed by atoms with van der Waals surface area (Å²) in [4.78, 5) is 48.2. The molecule has 0 fully saturated rings. The topological polar surface area (TPSA) is 104 Å². The average molecular weight is 460 g/mol. The maximum absolute atomic E-state index is 13.3. The molecule has 0 unspecified atom stereocenters. The molecule has 1 aromatic carbocycles. The molecule has 0 saturated carbocycles. The quantitative estimate of drug-likeness (QED) is 0.239. The maximum atomic E-state index is 13.3. The van der Waals surface area contributed by atoms with E-state index in [4.69, 9.17) is 9.47 Å². The van der Waals surface area contributed by atoms with Gasteiger partial charge in [0.25, 0.3) is 11.5 Å². The van der Waals surface area contributed by atoms with Gasteiger partial charge in [0.1, 0.15) is 16.9 Å². The Kier molecular flexibility index (Phi) is 6.93. The lowest BCUT2D eigenvalue weighted by Gasteiger charge is -2.15. The van der Waals surface area contributed by atoms with E-state index in [0.29, 0.717) is 36.4 Å². The highest BCUT2D eigenvalue weighted by molar-refractivity contribution is 5.97. The molecule has 3 heterocycles. The fourth-order valence-corrected chi connectivity index (χ4v) is 3.68. The number of hydrogen-bond donors (Lipinski definition) is 0. The van der Waals surface area contributed by atoms with Crippen LogP contribution in [0.25, 0.3) is 16.7 Å². The molecule has 9 heteroatoms. The summed E-state index contributed by atoms with van der Waals surface area (Å²) in [7, 11) is 1.58. The van der Waals surface area contributed by atoms with Crippen molar-refractivity contribution in [3.8, 4) is 0 Å². The van der Waals surface area contributed by atoms with Gasteiger partial charge >= 0.3 is 5.97 Å². The number of methoxy groups -OCH3 is 1. The van der Waals surface area contributed by atoms with Gasteiger partial charge in [0.15, 0.2) is 5.49 Å². The minimum atomic E-state index is -0.679. The molecule has 4 aromatic rings. The molecule has 0 radical (unpaired) electrons. The summed E-state index contributed by atoms with van der Waals surface area (Å²) in [6, 6.07) is 15.2. The summed E-state index contributed by atoms with van der Waals surface area (Å²) in [5.41, 5.74) is 0.888. The smallest absolute Gasteiger partial charge is 0.341 e. The molecule has 3 aromatic heterocycles. The zero-order valence-electron chi connectivity index (χ0n) is 18.9. The molecule has 0 atom stereocenters. The monoisotopic (exact) mass is 460 g/mol. The van der Waals surface area contributed by atoms with Gasteiger partial charge in [-0.25, -0.2) is 9.78 Å². The van der Waals surface area contributed by atoms with E-state index in [1.807, 2.05) is 0 Å². The molecular weight excluding hydrogens is 436 g/mol. The van der Waals surface area contributed by atoms with Crippen LogP contribution in [-0.2, 0) is 16.0 Å². The Morgan fingerprint density at radius 1 is 1.09 bits per heavy atom. The Morgan fingerprint density at radius 3 is 2.59 bits per heavy atom. The lowest BCUT2D eigenvalue weighted by Crippen LogP contribution is -2.33. The van der Waals surface area contributed by atoms with E-state index in [-0.39, 0.29) is 28.6 Å². The molecule has 0 N–H and O–H groups in total. The van der Waals surface area contributed by atoms with E-state index in [0.717, 1.165) is 0 Å². The van der Waals surface area contributed by atoms with Crippen molar-refractivity contribution in [2.24, 2.45) is 4.99 Å². The van der Waals surface area contributed by atoms with Gasteiger partial charge in [-0.1, -0.05) is 24.3 Å². The Balaban J connectivity index is 2.09. The molecule has 9 nitrogen and oxygen atoms in total. The molecule has 1 amide bonds. The summed E-state index contributed by atoms with van der Waals surface area (Å²) >= 11 is 0. The third-order valence-corrected chi connectivity index (χ3v) is 5.24. The van der Waals surface area contributed by atoms with Crippen LogP contribution in [0, 0.1) is 0 Å². The van der Waals surface area contributed by atoms with E-state index >= 15 is 0 Å². The first-order chi connectivity index (χ1) is 16.5. The van der Waals surface area contributed by atoms with Crippen LogP contribution < -0.4 is 11.0 Å². The van der Waals surface area contributed by atoms with Crippen LogP contribution in [0.3, 0.4) is 0 Å². The highest BCUT2D eigenvalue weighted by atomic mass is 16.5. The highest BCUT2D eigenvalue weighted by Gasteiger charge is 2.20. The van der Waals surface area contributed by atoms with Gasteiger partial charge in [0, 0.05) is 32.0 Å². The van der Waals surface area contributed by atoms with Crippen molar-refractivity contribution in [2.75, 3.05) is 20.3 Å². The number of fused-ring (bicyclic) bond motifs is 2. The molecule has 4 rings (SSSR count). The van der Waals surface area contributed by atoms with Crippen molar-refractivity contribution in [3.63, 3.8) is 0 Å². The van der Waals surface area contributed by atoms with Crippen molar-refractivity contribution in [1.82, 2.24) is 14.0 Å². The number of carbonyl (C=O) groups excluding carboxylic acids is 2. The zero-order valence-corrected chi connectivity index (χ0v) is 18.9. The van der Waals surface area contributed by atoms with Crippen LogP contribution >= 0.6 is 0 Å². The number of nitrogens with zero attached hydrogens (tertiary/aromatic N) is 4. The second-order valence-electron chi connectivity index (χ2n) is 7.47. The largest absolute Gasteiger partial charge is 0.462 e. The SMILES string of the molecule is CCOC(=O)c1cc2c(=O)n3ccccc3nc2n(CCCOC)c1=NC(=O)c1ccccc1. The van der Waals surface area contributed by atoms with Gasteiger partial charge in [-0.2, -0.15) is 4.99 Å². The summed E-state index contributed by atoms with van der Waals surface area (Å²) in [5, 5.41) is 0.218. The highest BCUT2D eigenvalue weighted by Crippen LogP contribution is 2.12. The number of amides is 1. The normalized spacial score (nSPS) is 11.8. The van der Waals surface area contributed by atoms with E-state index in [1.54, 1.807) is 73.3 Å². The molecule has 0 saturated heterocycles. The first-order valence-electron chi connectivity index (χ1n) is 10.9. The molecule has 174 valence electrons. The lowest BCUT2D eigenvalue weighted by molar-refractivity contribution is 0.0523. The first-order valence-corrected chi connectivity index (χ1v) is 10.9. The minimum absolute atomic E-state index is 0.0193. The fourth-order valence-electron chi connectivity index (χ4n) is 3.68. The zero-order chi connectivity index (χ0) is 24.1. The molecule has 0 aliphatic heterocycles. The van der Waals surface area contributed by atoms with Crippen LogP contribution in [0.15, 0.2) is 70.6 Å². The van der Waals surface area contributed by atoms with Crippen molar-refractivity contribution < 1.29 is 19.1 Å². The van der Waals surface area contributed by atoms with Gasteiger partial charge in [0.05, 0.1) is 12.0 Å². The Labute approximate surface area is 194 Å². The van der Waals surface area contributed by atoms with Gasteiger partial charge < -0.3 is 14.0 Å². The Morgan fingerprint density at radius 2 is 1.85 bits per heavy atom. The van der Waals surface area contributed by atoms with Crippen molar-refractivity contribution in [3.05, 3.63) is 87.8 Å². The fraction of sp³-hybridized carbons (Fsp3) is 0.240. The average Bonchev–Trinajstić information content (AvgIpc) is 2.86. The number of ether oxygens (including phenoxy) is 2. The summed E-state index contributed by atoms with van der Waals surface area (Å²) in [5.74, 6) is -1.20. The number of rotatable bonds is 7. The van der Waals surface area contributed by atoms with E-state index < -0.39 is 11.9 Å². The first kappa shape index (κ1) is 23.1. The molecule has 0 aliphatic carbocycles. The van der Waals surface area contributed by atoms with Crippen LogP contribution in [0.5, 0.6) is 0 Å². The van der Waals surface area contributed by atoms with Gasteiger partial charge in [0.2, 0.25) is 0 Å². The minimum Gasteiger partial charge on any atom is -0.462 e. The van der Waals surface area contributed by atoms with Crippen molar-refractivity contribution >= 4 is 28.6 Å². The van der Waals surface area contributed by atoms with Crippen LogP contribution in [-0.4, -0.2) is 46.2 Å². The molecular formula is C25H24N4O5. The number of aromatic nitrogens is 3. The van der Waals surface area contributed by atoms with Gasteiger partial charge in [-0.15, -0.1) is 0 Å². The number of benzene rings is 1. The predicted molar refractivity (Wildman–Crippen MR) is 126 cm³/mol. The molecule has 0 bridgehead atoms. The third-order valence-electron chi connectivity index (χ3n) is 5.24. The van der Waals surface area contributed by atoms with E-state index in [2.05, 4.69) is 9.98 Å². The predicted octanol–water partition coefficient (Wildman–Crippen LogP) is 2.60. The van der Waals surface area contributed by atoms with Crippen molar-refractivity contribution in [2.45, 2.75) is 19.9 Å². The summed E-state index contributed by atoms with van der Waals surface area (Å²) in [6.45, 7) is 2.55. The second kappa shape index (κ2) is 10.2. The maximum Gasteiger partial charge on any atom is 0.341 e. The van der Waals surface area contributed by atoms with Crippen LogP contribution in [0.2, 0.25) is 0 Å². The third kappa shape index (κ3) is 4.51. The lowest BCUT2D eigenvalue weighted by atomic mass is 10.2. The number of esters is 1. The standard InChI is InChI=1S/C25H24N4O5/c1-3-34-25(32)19-16-18-21(26-20-12-7-8-13-28(20)24(18)31)29(14-9-15-33-2)22(19)27-23(30)17-10-5-4-6-11-17/h4-8,10-13,16H,3,9,14-15H2,1-2H3. The van der Waals surface area contributed by atoms with Gasteiger partial charge in [-0.3, -0.25) is 14.0 Å². The summed E-state index contributed by atoms with van der Waals surface area (Å²) < 4.78 is 13.4. The van der Waals surface area contributed by atoms with Crippen molar-refractivity contribution in [1.29, 1.82) is 0 Å². The molecule has 0 aliphatic rings. The number of pyridine rings is 2.